The van der Waals surface area contributed by atoms with Gasteiger partial charge in [0.05, 0.1) is 35.2 Å². The predicted octanol–water partition coefficient (Wildman–Crippen LogP) is 3.72. The molecule has 0 radical (unpaired) electrons. The average Bonchev–Trinajstić information content (AvgIpc) is 3.17. The first-order valence-electron chi connectivity index (χ1n) is 9.51. The van der Waals surface area contributed by atoms with E-state index >= 15 is 0 Å². The number of para-hydroxylation sites is 1. The molecule has 29 heavy (non-hydrogen) atoms. The van der Waals surface area contributed by atoms with Crippen LogP contribution in [0.15, 0.2) is 52.9 Å². The van der Waals surface area contributed by atoms with Crippen molar-refractivity contribution in [3.63, 3.8) is 0 Å². The molecule has 1 aromatic heterocycles. The number of hydrogen-bond acceptors (Lipinski definition) is 6. The van der Waals surface area contributed by atoms with Crippen LogP contribution in [0.5, 0.6) is 0 Å². The fourth-order valence-electron chi connectivity index (χ4n) is 3.33. The maximum Gasteiger partial charge on any atom is 0.230 e. The Labute approximate surface area is 177 Å². The van der Waals surface area contributed by atoms with Crippen LogP contribution in [0.1, 0.15) is 11.6 Å². The zero-order valence-corrected chi connectivity index (χ0v) is 17.5. The number of nitrogens with zero attached hydrogens (tertiary/aromatic N) is 2. The highest BCUT2D eigenvalue weighted by Gasteiger charge is 2.23. The maximum absolute atomic E-state index is 13.3. The highest BCUT2D eigenvalue weighted by molar-refractivity contribution is 8.01. The number of nitrogens with one attached hydrogen (secondary N) is 1. The molecule has 0 saturated carbocycles. The quantitative estimate of drug-likeness (QED) is 0.578. The monoisotopic (exact) mass is 431 g/mol. The molecule has 0 bridgehead atoms. The summed E-state index contributed by atoms with van der Waals surface area (Å²) in [6.45, 7) is 3.39. The summed E-state index contributed by atoms with van der Waals surface area (Å²) in [5.74, 6) is 0.0272. The van der Waals surface area contributed by atoms with Crippen molar-refractivity contribution in [3.05, 3.63) is 59.9 Å². The number of carbonyl (C=O) groups is 1. The second kappa shape index (κ2) is 9.67. The van der Waals surface area contributed by atoms with Gasteiger partial charge in [0.15, 0.2) is 4.34 Å². The van der Waals surface area contributed by atoms with Crippen molar-refractivity contribution in [1.82, 2.24) is 15.2 Å². The lowest BCUT2D eigenvalue weighted by Crippen LogP contribution is -2.44. The number of amides is 1. The predicted molar refractivity (Wildman–Crippen MR) is 115 cm³/mol. The molecule has 1 fully saturated rings. The zero-order valence-electron chi connectivity index (χ0n) is 15.8. The lowest BCUT2D eigenvalue weighted by atomic mass is 10.0. The van der Waals surface area contributed by atoms with Crippen molar-refractivity contribution >= 4 is 39.2 Å². The van der Waals surface area contributed by atoms with Gasteiger partial charge >= 0.3 is 0 Å². The summed E-state index contributed by atoms with van der Waals surface area (Å²) in [4.78, 5) is 19.3. The smallest absolute Gasteiger partial charge is 0.230 e. The van der Waals surface area contributed by atoms with Gasteiger partial charge in [0.1, 0.15) is 5.82 Å². The summed E-state index contributed by atoms with van der Waals surface area (Å²) >= 11 is 3.05. The lowest BCUT2D eigenvalue weighted by molar-refractivity contribution is -0.118. The summed E-state index contributed by atoms with van der Waals surface area (Å²) < 4.78 is 20.8. The number of hydrogen-bond donors (Lipinski definition) is 1. The standard InChI is InChI=1S/C21H22FN3O2S2/c22-16-7-5-15(6-8-16)18(25-9-11-27-12-10-25)13-23-20(26)14-28-21-24-17-3-1-2-4-19(17)29-21/h1-8,18H,9-14H2,(H,23,26). The Morgan fingerprint density at radius 3 is 2.72 bits per heavy atom. The Morgan fingerprint density at radius 1 is 1.21 bits per heavy atom. The van der Waals surface area contributed by atoms with Crippen LogP contribution in [-0.4, -0.2) is 54.4 Å². The normalized spacial score (nSPS) is 16.0. The summed E-state index contributed by atoms with van der Waals surface area (Å²) in [6.07, 6.45) is 0. The van der Waals surface area contributed by atoms with E-state index in [2.05, 4.69) is 15.2 Å². The van der Waals surface area contributed by atoms with E-state index in [1.54, 1.807) is 23.5 Å². The van der Waals surface area contributed by atoms with Gasteiger partial charge in [-0.15, -0.1) is 11.3 Å². The van der Waals surface area contributed by atoms with Crippen LogP contribution in [0.3, 0.4) is 0 Å². The van der Waals surface area contributed by atoms with E-state index in [0.29, 0.717) is 25.5 Å². The fourth-order valence-corrected chi connectivity index (χ4v) is 5.23. The maximum atomic E-state index is 13.3. The number of aromatic nitrogens is 1. The minimum Gasteiger partial charge on any atom is -0.379 e. The molecule has 0 spiro atoms. The van der Waals surface area contributed by atoms with Crippen LogP contribution in [0, 0.1) is 5.82 Å². The highest BCUT2D eigenvalue weighted by atomic mass is 32.2. The first-order chi connectivity index (χ1) is 14.2. The zero-order chi connectivity index (χ0) is 20.1. The van der Waals surface area contributed by atoms with Crippen LogP contribution in [0.25, 0.3) is 10.2 Å². The third-order valence-corrected chi connectivity index (χ3v) is 7.01. The van der Waals surface area contributed by atoms with Gasteiger partial charge in [-0.1, -0.05) is 36.0 Å². The van der Waals surface area contributed by atoms with Gasteiger partial charge in [0.2, 0.25) is 5.91 Å². The minimum atomic E-state index is -0.259. The highest BCUT2D eigenvalue weighted by Crippen LogP contribution is 2.29. The number of rotatable bonds is 7. The minimum absolute atomic E-state index is 0.00380. The second-order valence-corrected chi connectivity index (χ2v) is 9.01. The van der Waals surface area contributed by atoms with Crippen molar-refractivity contribution in [2.45, 2.75) is 10.4 Å². The molecule has 152 valence electrons. The molecule has 1 N–H and O–H groups in total. The van der Waals surface area contributed by atoms with Gasteiger partial charge in [-0.25, -0.2) is 9.37 Å². The van der Waals surface area contributed by atoms with E-state index in [-0.39, 0.29) is 17.8 Å². The molecule has 2 aromatic carbocycles. The van der Waals surface area contributed by atoms with Crippen molar-refractivity contribution in [1.29, 1.82) is 0 Å². The van der Waals surface area contributed by atoms with E-state index in [0.717, 1.165) is 33.2 Å². The van der Waals surface area contributed by atoms with E-state index in [9.17, 15) is 9.18 Å². The van der Waals surface area contributed by atoms with Crippen molar-refractivity contribution in [3.8, 4) is 0 Å². The van der Waals surface area contributed by atoms with Crippen LogP contribution < -0.4 is 5.32 Å². The molecular formula is C21H22FN3O2S2. The van der Waals surface area contributed by atoms with Gasteiger partial charge in [-0.3, -0.25) is 9.69 Å². The molecule has 1 aliphatic heterocycles. The number of thiazole rings is 1. The van der Waals surface area contributed by atoms with E-state index in [1.807, 2.05) is 24.3 Å². The molecule has 1 unspecified atom stereocenters. The lowest BCUT2D eigenvalue weighted by Gasteiger charge is -2.35. The second-order valence-electron chi connectivity index (χ2n) is 6.76. The summed E-state index contributed by atoms with van der Waals surface area (Å²) in [5.41, 5.74) is 1.96. The van der Waals surface area contributed by atoms with Crippen molar-refractivity contribution < 1.29 is 13.9 Å². The SMILES string of the molecule is O=C(CSc1nc2ccccc2s1)NCC(c1ccc(F)cc1)N1CCOCC1. The largest absolute Gasteiger partial charge is 0.379 e. The molecule has 5 nitrogen and oxygen atoms in total. The fraction of sp³-hybridized carbons (Fsp3) is 0.333. The van der Waals surface area contributed by atoms with Crippen LogP contribution in [-0.2, 0) is 9.53 Å². The van der Waals surface area contributed by atoms with Crippen LogP contribution in [0.2, 0.25) is 0 Å². The molecule has 4 rings (SSSR count). The van der Waals surface area contributed by atoms with Gasteiger partial charge in [0.25, 0.3) is 0 Å². The van der Waals surface area contributed by atoms with Crippen LogP contribution in [0.4, 0.5) is 4.39 Å². The summed E-state index contributed by atoms with van der Waals surface area (Å²) in [7, 11) is 0. The topological polar surface area (TPSA) is 54.5 Å². The number of fused-ring (bicyclic) bond motifs is 1. The summed E-state index contributed by atoms with van der Waals surface area (Å²) in [5, 5.41) is 3.04. The van der Waals surface area contributed by atoms with E-state index < -0.39 is 0 Å². The van der Waals surface area contributed by atoms with Gasteiger partial charge in [-0.2, -0.15) is 0 Å². The number of carbonyl (C=O) groups excluding carboxylic acids is 1. The Kier molecular flexibility index (Phi) is 6.76. The first-order valence-corrected chi connectivity index (χ1v) is 11.3. The summed E-state index contributed by atoms with van der Waals surface area (Å²) in [6, 6.07) is 14.5. The molecule has 1 atom stereocenters. The molecule has 0 aliphatic carbocycles. The molecule has 1 amide bonds. The van der Waals surface area contributed by atoms with Crippen molar-refractivity contribution in [2.75, 3.05) is 38.6 Å². The van der Waals surface area contributed by atoms with E-state index in [1.165, 1.54) is 23.9 Å². The molecule has 1 saturated heterocycles. The van der Waals surface area contributed by atoms with Gasteiger partial charge in [-0.05, 0) is 29.8 Å². The number of halogens is 1. The molecule has 2 heterocycles. The van der Waals surface area contributed by atoms with Gasteiger partial charge < -0.3 is 10.1 Å². The average molecular weight is 432 g/mol. The Balaban J connectivity index is 1.35. The Bertz CT molecular complexity index is 925. The molecule has 1 aliphatic rings. The number of benzene rings is 2. The Morgan fingerprint density at radius 2 is 1.97 bits per heavy atom. The van der Waals surface area contributed by atoms with E-state index in [4.69, 9.17) is 4.74 Å². The molecular weight excluding hydrogens is 409 g/mol. The first kappa shape index (κ1) is 20.3. The Hall–Kier alpha value is -2.00. The third-order valence-electron chi connectivity index (χ3n) is 4.83. The third kappa shape index (κ3) is 5.33. The number of thioether (sulfide) groups is 1. The number of ether oxygens (including phenoxy) is 1. The van der Waals surface area contributed by atoms with Crippen molar-refractivity contribution in [2.24, 2.45) is 0 Å². The van der Waals surface area contributed by atoms with Gasteiger partial charge in [0, 0.05) is 19.6 Å². The van der Waals surface area contributed by atoms with Crippen LogP contribution >= 0.6 is 23.1 Å². The molecule has 8 heteroatoms. The number of morpholine rings is 1. The molecule has 3 aromatic rings.